The van der Waals surface area contributed by atoms with Crippen molar-refractivity contribution in [3.63, 3.8) is 0 Å². The molecular formula is C12H5Cl3F3NO. The Bertz CT molecular complexity index is 725. The number of hydrogen-bond acceptors (Lipinski definition) is 1. The molecule has 0 spiro atoms. The van der Waals surface area contributed by atoms with Crippen molar-refractivity contribution in [2.45, 2.75) is 6.18 Å². The molecule has 0 aliphatic rings. The molecule has 106 valence electrons. The molecule has 0 aliphatic heterocycles. The highest BCUT2D eigenvalue weighted by Crippen LogP contribution is 2.37. The summed E-state index contributed by atoms with van der Waals surface area (Å²) in [5.74, 6) is 0. The van der Waals surface area contributed by atoms with Gasteiger partial charge in [-0.2, -0.15) is 13.2 Å². The third-order valence-electron chi connectivity index (χ3n) is 2.51. The summed E-state index contributed by atoms with van der Waals surface area (Å²) in [6.45, 7) is 0. The maximum absolute atomic E-state index is 12.7. The molecule has 8 heteroatoms. The maximum atomic E-state index is 12.7. The molecule has 1 aromatic carbocycles. The number of halogens is 6. The van der Waals surface area contributed by atoms with E-state index in [-0.39, 0.29) is 26.2 Å². The van der Waals surface area contributed by atoms with Gasteiger partial charge >= 0.3 is 6.18 Å². The van der Waals surface area contributed by atoms with E-state index in [2.05, 4.69) is 0 Å². The van der Waals surface area contributed by atoms with E-state index in [1.54, 1.807) is 0 Å². The van der Waals surface area contributed by atoms with Gasteiger partial charge in [-0.05, 0) is 18.2 Å². The van der Waals surface area contributed by atoms with Crippen LogP contribution in [0.25, 0.3) is 11.1 Å². The van der Waals surface area contributed by atoms with Crippen molar-refractivity contribution in [3.8, 4) is 11.1 Å². The van der Waals surface area contributed by atoms with Gasteiger partial charge in [-0.15, -0.1) is 0 Å². The van der Waals surface area contributed by atoms with E-state index < -0.39 is 17.3 Å². The highest BCUT2D eigenvalue weighted by Gasteiger charge is 2.34. The molecule has 1 heterocycles. The zero-order valence-corrected chi connectivity index (χ0v) is 11.8. The van der Waals surface area contributed by atoms with Crippen LogP contribution in [0.2, 0.25) is 15.1 Å². The molecule has 0 bridgehead atoms. The lowest BCUT2D eigenvalue weighted by atomic mass is 10.1. The van der Waals surface area contributed by atoms with Crippen molar-refractivity contribution in [1.82, 2.24) is 4.98 Å². The van der Waals surface area contributed by atoms with E-state index >= 15 is 0 Å². The summed E-state index contributed by atoms with van der Waals surface area (Å²) in [5.41, 5.74) is -2.29. The van der Waals surface area contributed by atoms with E-state index in [4.69, 9.17) is 34.8 Å². The van der Waals surface area contributed by atoms with Gasteiger partial charge in [0, 0.05) is 22.3 Å². The number of alkyl halides is 3. The second kappa shape index (κ2) is 5.31. The number of benzene rings is 1. The first-order chi connectivity index (χ1) is 9.20. The number of H-pyrrole nitrogens is 1. The van der Waals surface area contributed by atoms with E-state index in [0.29, 0.717) is 6.07 Å². The summed E-state index contributed by atoms with van der Waals surface area (Å²) in [6.07, 6.45) is -3.65. The Morgan fingerprint density at radius 3 is 2.30 bits per heavy atom. The lowest BCUT2D eigenvalue weighted by molar-refractivity contribution is -0.138. The molecule has 2 nitrogen and oxygen atoms in total. The first kappa shape index (κ1) is 15.2. The number of rotatable bonds is 1. The van der Waals surface area contributed by atoms with Crippen LogP contribution in [0, 0.1) is 0 Å². The van der Waals surface area contributed by atoms with Crippen LogP contribution in [0.1, 0.15) is 5.56 Å². The molecule has 2 aromatic rings. The average molecular weight is 343 g/mol. The monoisotopic (exact) mass is 341 g/mol. The van der Waals surface area contributed by atoms with Crippen LogP contribution in [0.15, 0.2) is 29.2 Å². The van der Waals surface area contributed by atoms with Gasteiger partial charge in [0.1, 0.15) is 5.56 Å². The topological polar surface area (TPSA) is 32.9 Å². The highest BCUT2D eigenvalue weighted by atomic mass is 35.5. The van der Waals surface area contributed by atoms with Crippen LogP contribution in [0.3, 0.4) is 0 Å². The summed E-state index contributed by atoms with van der Waals surface area (Å²) in [6, 6.07) is 3.43. The maximum Gasteiger partial charge on any atom is 0.421 e. The molecule has 0 amide bonds. The molecule has 2 rings (SSSR count). The Balaban J connectivity index is 2.69. The highest BCUT2D eigenvalue weighted by molar-refractivity contribution is 6.45. The molecule has 0 saturated carbocycles. The van der Waals surface area contributed by atoms with E-state index in [0.717, 1.165) is 6.20 Å². The number of aromatic nitrogens is 1. The second-order valence-corrected chi connectivity index (χ2v) is 5.10. The van der Waals surface area contributed by atoms with Crippen LogP contribution in [-0.2, 0) is 6.18 Å². The van der Waals surface area contributed by atoms with Gasteiger partial charge in [-0.25, -0.2) is 0 Å². The van der Waals surface area contributed by atoms with Crippen LogP contribution in [-0.4, -0.2) is 4.98 Å². The normalized spacial score (nSPS) is 11.7. The Morgan fingerprint density at radius 2 is 1.70 bits per heavy atom. The predicted molar refractivity (Wildman–Crippen MR) is 72.5 cm³/mol. The van der Waals surface area contributed by atoms with Gasteiger partial charge in [0.05, 0.1) is 10.0 Å². The van der Waals surface area contributed by atoms with Crippen molar-refractivity contribution in [2.75, 3.05) is 0 Å². The van der Waals surface area contributed by atoms with E-state index in [1.165, 1.54) is 12.1 Å². The number of nitrogens with one attached hydrogen (secondary N) is 1. The minimum atomic E-state index is -4.77. The lowest BCUT2D eigenvalue weighted by Gasteiger charge is -2.10. The van der Waals surface area contributed by atoms with Crippen molar-refractivity contribution in [1.29, 1.82) is 0 Å². The van der Waals surface area contributed by atoms with Gasteiger partial charge in [-0.1, -0.05) is 34.8 Å². The zero-order valence-electron chi connectivity index (χ0n) is 9.49. The summed E-state index contributed by atoms with van der Waals surface area (Å²) in [7, 11) is 0. The van der Waals surface area contributed by atoms with E-state index in [9.17, 15) is 18.0 Å². The van der Waals surface area contributed by atoms with E-state index in [1.807, 2.05) is 4.98 Å². The number of hydrogen-bond donors (Lipinski definition) is 1. The van der Waals surface area contributed by atoms with Crippen LogP contribution in [0.4, 0.5) is 13.2 Å². The largest absolute Gasteiger partial charge is 0.421 e. The first-order valence-electron chi connectivity index (χ1n) is 5.15. The third kappa shape index (κ3) is 2.95. The fourth-order valence-corrected chi connectivity index (χ4v) is 2.33. The summed E-state index contributed by atoms with van der Waals surface area (Å²) >= 11 is 17.6. The summed E-state index contributed by atoms with van der Waals surface area (Å²) in [5, 5.41) is 0.374. The van der Waals surface area contributed by atoms with Gasteiger partial charge in [0.15, 0.2) is 0 Å². The summed E-state index contributed by atoms with van der Waals surface area (Å²) in [4.78, 5) is 13.2. The molecular weight excluding hydrogens is 337 g/mol. The SMILES string of the molecule is O=c1[nH]cc(-c2cc(Cl)cc(Cl)c2Cl)cc1C(F)(F)F. The number of pyridine rings is 1. The molecule has 1 aromatic heterocycles. The van der Waals surface area contributed by atoms with Crippen molar-refractivity contribution in [2.24, 2.45) is 0 Å². The van der Waals surface area contributed by atoms with Gasteiger partial charge in [-0.3, -0.25) is 4.79 Å². The fraction of sp³-hybridized carbons (Fsp3) is 0.0833. The van der Waals surface area contributed by atoms with Gasteiger partial charge in [0.2, 0.25) is 0 Å². The smallest absolute Gasteiger partial charge is 0.328 e. The standard InChI is InChI=1S/C12H5Cl3F3NO/c13-6-2-7(10(15)9(14)3-6)5-1-8(12(16,17)18)11(20)19-4-5/h1-4H,(H,19,20). The first-order valence-corrected chi connectivity index (χ1v) is 6.28. The molecule has 1 N–H and O–H groups in total. The van der Waals surface area contributed by atoms with Crippen molar-refractivity contribution < 1.29 is 13.2 Å². The quantitative estimate of drug-likeness (QED) is 0.725. The predicted octanol–water partition coefficient (Wildman–Crippen LogP) is 5.02. The minimum absolute atomic E-state index is 0.0521. The Kier molecular flexibility index (Phi) is 4.04. The van der Waals surface area contributed by atoms with Crippen molar-refractivity contribution >= 4 is 34.8 Å². The molecule has 20 heavy (non-hydrogen) atoms. The number of aromatic amines is 1. The van der Waals surface area contributed by atoms with Crippen LogP contribution >= 0.6 is 34.8 Å². The van der Waals surface area contributed by atoms with Crippen LogP contribution in [0.5, 0.6) is 0 Å². The van der Waals surface area contributed by atoms with Gasteiger partial charge in [0.25, 0.3) is 5.56 Å². The second-order valence-electron chi connectivity index (χ2n) is 3.88. The fourth-order valence-electron chi connectivity index (χ4n) is 1.62. The van der Waals surface area contributed by atoms with Crippen LogP contribution < -0.4 is 5.56 Å². The Labute approximate surface area is 126 Å². The molecule has 0 fully saturated rings. The van der Waals surface area contributed by atoms with Crippen molar-refractivity contribution in [3.05, 3.63) is 55.4 Å². The Morgan fingerprint density at radius 1 is 1.05 bits per heavy atom. The summed E-state index contributed by atoms with van der Waals surface area (Å²) < 4.78 is 38.1. The molecule has 0 aliphatic carbocycles. The molecule has 0 atom stereocenters. The lowest BCUT2D eigenvalue weighted by Crippen LogP contribution is -2.20. The zero-order chi connectivity index (χ0) is 15.1. The average Bonchev–Trinajstić information content (AvgIpc) is 2.33. The molecule has 0 unspecified atom stereocenters. The Hall–Kier alpha value is -1.17. The minimum Gasteiger partial charge on any atom is -0.328 e. The molecule has 0 radical (unpaired) electrons. The van der Waals surface area contributed by atoms with Gasteiger partial charge < -0.3 is 4.98 Å². The third-order valence-corrected chi connectivity index (χ3v) is 3.53. The molecule has 0 saturated heterocycles.